The summed E-state index contributed by atoms with van der Waals surface area (Å²) in [4.78, 5) is 16.4. The Kier molecular flexibility index (Phi) is 5.84. The summed E-state index contributed by atoms with van der Waals surface area (Å²) < 4.78 is 0. The SMILES string of the molecule is CN(C)C1CCN(CCNC(=O)NCC2(O)CCC2)CC1. The van der Waals surface area contributed by atoms with E-state index >= 15 is 0 Å². The third-order valence-electron chi connectivity index (χ3n) is 4.86. The fraction of sp³-hybridized carbons (Fsp3) is 0.933. The van der Waals surface area contributed by atoms with Crippen LogP contribution in [-0.2, 0) is 0 Å². The third kappa shape index (κ3) is 5.13. The summed E-state index contributed by atoms with van der Waals surface area (Å²) in [6.45, 7) is 4.14. The lowest BCUT2D eigenvalue weighted by molar-refractivity contribution is -0.0290. The topological polar surface area (TPSA) is 67.8 Å². The molecule has 1 saturated carbocycles. The molecule has 2 rings (SSSR count). The predicted octanol–water partition coefficient (Wildman–Crippen LogP) is 0.227. The molecule has 1 aliphatic carbocycles. The van der Waals surface area contributed by atoms with Crippen LogP contribution >= 0.6 is 0 Å². The molecule has 2 aliphatic rings. The van der Waals surface area contributed by atoms with Gasteiger partial charge in [-0.05, 0) is 59.3 Å². The van der Waals surface area contributed by atoms with Crippen molar-refractivity contribution in [1.82, 2.24) is 20.4 Å². The van der Waals surface area contributed by atoms with E-state index in [-0.39, 0.29) is 6.03 Å². The van der Waals surface area contributed by atoms with Gasteiger partial charge < -0.3 is 25.5 Å². The largest absolute Gasteiger partial charge is 0.388 e. The normalized spacial score (nSPS) is 22.9. The van der Waals surface area contributed by atoms with E-state index in [0.717, 1.165) is 38.9 Å². The maximum absolute atomic E-state index is 11.7. The van der Waals surface area contributed by atoms with Gasteiger partial charge in [-0.2, -0.15) is 0 Å². The van der Waals surface area contributed by atoms with Crippen molar-refractivity contribution < 1.29 is 9.90 Å². The van der Waals surface area contributed by atoms with E-state index in [0.29, 0.717) is 19.1 Å². The standard InChI is InChI=1S/C15H30N4O2/c1-18(2)13-4-9-19(10-5-13)11-8-16-14(20)17-12-15(21)6-3-7-15/h13,21H,3-12H2,1-2H3,(H2,16,17,20). The lowest BCUT2D eigenvalue weighted by Crippen LogP contribution is -2.51. The van der Waals surface area contributed by atoms with E-state index < -0.39 is 5.60 Å². The van der Waals surface area contributed by atoms with Crippen LogP contribution in [-0.4, -0.2) is 79.4 Å². The molecule has 3 N–H and O–H groups in total. The maximum atomic E-state index is 11.7. The minimum Gasteiger partial charge on any atom is -0.388 e. The smallest absolute Gasteiger partial charge is 0.314 e. The van der Waals surface area contributed by atoms with Gasteiger partial charge in [-0.1, -0.05) is 0 Å². The molecule has 0 bridgehead atoms. The van der Waals surface area contributed by atoms with E-state index in [1.165, 1.54) is 12.8 Å². The first-order valence-electron chi connectivity index (χ1n) is 8.11. The van der Waals surface area contributed by atoms with Crippen LogP contribution in [0.1, 0.15) is 32.1 Å². The first-order valence-corrected chi connectivity index (χ1v) is 8.11. The monoisotopic (exact) mass is 298 g/mol. The molecule has 6 nitrogen and oxygen atoms in total. The molecule has 0 spiro atoms. The van der Waals surface area contributed by atoms with Crippen LogP contribution in [0.4, 0.5) is 4.79 Å². The number of carbonyl (C=O) groups excluding carboxylic acids is 1. The summed E-state index contributed by atoms with van der Waals surface area (Å²) in [5.41, 5.74) is -0.647. The number of amides is 2. The van der Waals surface area contributed by atoms with Gasteiger partial charge in [0.25, 0.3) is 0 Å². The van der Waals surface area contributed by atoms with Gasteiger partial charge in [-0.3, -0.25) is 0 Å². The van der Waals surface area contributed by atoms with Gasteiger partial charge in [0, 0.05) is 25.7 Å². The average Bonchev–Trinajstić information content (AvgIpc) is 2.43. The van der Waals surface area contributed by atoms with Crippen LogP contribution in [0.15, 0.2) is 0 Å². The number of carbonyl (C=O) groups is 1. The second-order valence-electron chi connectivity index (χ2n) is 6.72. The first kappa shape index (κ1) is 16.5. The number of hydrogen-bond acceptors (Lipinski definition) is 4. The number of hydrogen-bond donors (Lipinski definition) is 3. The minimum absolute atomic E-state index is 0.168. The number of nitrogens with zero attached hydrogens (tertiary/aromatic N) is 2. The summed E-state index contributed by atoms with van der Waals surface area (Å²) in [6.07, 6.45) is 5.06. The molecule has 0 radical (unpaired) electrons. The molecule has 6 heteroatoms. The van der Waals surface area contributed by atoms with Crippen LogP contribution in [0.5, 0.6) is 0 Å². The summed E-state index contributed by atoms with van der Waals surface area (Å²) >= 11 is 0. The molecule has 0 aromatic rings. The van der Waals surface area contributed by atoms with Gasteiger partial charge in [-0.25, -0.2) is 4.79 Å². The van der Waals surface area contributed by atoms with E-state index in [1.807, 2.05) is 0 Å². The van der Waals surface area contributed by atoms with Crippen molar-refractivity contribution in [2.75, 3.05) is 46.8 Å². The van der Waals surface area contributed by atoms with Crippen LogP contribution in [0, 0.1) is 0 Å². The van der Waals surface area contributed by atoms with Gasteiger partial charge in [-0.15, -0.1) is 0 Å². The molecular weight excluding hydrogens is 268 g/mol. The molecule has 2 amide bonds. The number of urea groups is 1. The van der Waals surface area contributed by atoms with Crippen molar-refractivity contribution in [2.24, 2.45) is 0 Å². The Bertz CT molecular complexity index is 337. The summed E-state index contributed by atoms with van der Waals surface area (Å²) in [6, 6.07) is 0.527. The Morgan fingerprint density at radius 2 is 1.95 bits per heavy atom. The fourth-order valence-corrected chi connectivity index (χ4v) is 3.06. The average molecular weight is 298 g/mol. The number of aliphatic hydroxyl groups is 1. The van der Waals surface area contributed by atoms with E-state index in [4.69, 9.17) is 0 Å². The minimum atomic E-state index is -0.647. The quantitative estimate of drug-likeness (QED) is 0.656. The molecule has 2 fully saturated rings. The fourth-order valence-electron chi connectivity index (χ4n) is 3.06. The van der Waals surface area contributed by atoms with Crippen molar-refractivity contribution in [3.05, 3.63) is 0 Å². The summed E-state index contributed by atoms with van der Waals surface area (Å²) in [7, 11) is 4.28. The van der Waals surface area contributed by atoms with Crippen molar-refractivity contribution >= 4 is 6.03 Å². The maximum Gasteiger partial charge on any atom is 0.314 e. The Labute approximate surface area is 127 Å². The highest BCUT2D eigenvalue weighted by molar-refractivity contribution is 5.73. The molecule has 0 unspecified atom stereocenters. The first-order chi connectivity index (χ1) is 9.98. The second-order valence-corrected chi connectivity index (χ2v) is 6.72. The number of nitrogens with one attached hydrogen (secondary N) is 2. The lowest BCUT2D eigenvalue weighted by Gasteiger charge is -2.36. The Hall–Kier alpha value is -0.850. The molecule has 0 aromatic carbocycles. The zero-order valence-electron chi connectivity index (χ0n) is 13.4. The van der Waals surface area contributed by atoms with Gasteiger partial charge in [0.15, 0.2) is 0 Å². The number of rotatable bonds is 6. The van der Waals surface area contributed by atoms with Crippen molar-refractivity contribution in [3.63, 3.8) is 0 Å². The third-order valence-corrected chi connectivity index (χ3v) is 4.86. The second kappa shape index (κ2) is 7.42. The van der Waals surface area contributed by atoms with Gasteiger partial charge in [0.05, 0.1) is 5.60 Å². The van der Waals surface area contributed by atoms with Gasteiger partial charge in [0.1, 0.15) is 0 Å². The zero-order valence-corrected chi connectivity index (χ0v) is 13.4. The van der Waals surface area contributed by atoms with Crippen LogP contribution in [0.2, 0.25) is 0 Å². The Morgan fingerprint density at radius 3 is 2.48 bits per heavy atom. The molecular formula is C15H30N4O2. The van der Waals surface area contributed by atoms with E-state index in [2.05, 4.69) is 34.5 Å². The molecule has 1 aliphatic heterocycles. The molecule has 0 aromatic heterocycles. The molecule has 0 atom stereocenters. The number of piperidine rings is 1. The highest BCUT2D eigenvalue weighted by atomic mass is 16.3. The highest BCUT2D eigenvalue weighted by Crippen LogP contribution is 2.30. The Balaban J connectivity index is 1.52. The van der Waals surface area contributed by atoms with Gasteiger partial charge >= 0.3 is 6.03 Å². The molecule has 122 valence electrons. The van der Waals surface area contributed by atoms with Gasteiger partial charge in [0.2, 0.25) is 0 Å². The molecule has 21 heavy (non-hydrogen) atoms. The van der Waals surface area contributed by atoms with Crippen molar-refractivity contribution in [2.45, 2.75) is 43.7 Å². The van der Waals surface area contributed by atoms with Crippen LogP contribution in [0.25, 0.3) is 0 Å². The lowest BCUT2D eigenvalue weighted by atomic mass is 9.80. The van der Waals surface area contributed by atoms with Crippen LogP contribution < -0.4 is 10.6 Å². The van der Waals surface area contributed by atoms with Crippen LogP contribution in [0.3, 0.4) is 0 Å². The van der Waals surface area contributed by atoms with Crippen molar-refractivity contribution in [1.29, 1.82) is 0 Å². The summed E-state index contributed by atoms with van der Waals surface area (Å²) in [5.74, 6) is 0. The molecule has 1 saturated heterocycles. The summed E-state index contributed by atoms with van der Waals surface area (Å²) in [5, 5.41) is 15.5. The zero-order chi connectivity index (χ0) is 15.3. The predicted molar refractivity (Wildman–Crippen MR) is 83.4 cm³/mol. The molecule has 1 heterocycles. The van der Waals surface area contributed by atoms with Crippen molar-refractivity contribution in [3.8, 4) is 0 Å². The van der Waals surface area contributed by atoms with E-state index in [9.17, 15) is 9.90 Å². The Morgan fingerprint density at radius 1 is 1.29 bits per heavy atom. The number of likely N-dealkylation sites (tertiary alicyclic amines) is 1. The van der Waals surface area contributed by atoms with E-state index in [1.54, 1.807) is 0 Å². The highest BCUT2D eigenvalue weighted by Gasteiger charge is 2.34.